The molecule has 5 heteroatoms. The Balaban J connectivity index is 0.00000147. The molecule has 108 valence electrons. The van der Waals surface area contributed by atoms with Crippen molar-refractivity contribution < 1.29 is 0 Å². The van der Waals surface area contributed by atoms with E-state index in [9.17, 15) is 0 Å². The summed E-state index contributed by atoms with van der Waals surface area (Å²) in [5.74, 6) is 0. The highest BCUT2D eigenvalue weighted by Gasteiger charge is 2.17. The fourth-order valence-electron chi connectivity index (χ4n) is 2.54. The Bertz CT molecular complexity index is 509. The molecule has 0 aliphatic carbocycles. The van der Waals surface area contributed by atoms with Gasteiger partial charge in [0.15, 0.2) is 0 Å². The van der Waals surface area contributed by atoms with Crippen molar-refractivity contribution in [3.63, 3.8) is 0 Å². The van der Waals surface area contributed by atoms with Crippen LogP contribution in [0.4, 0.5) is 0 Å². The highest BCUT2D eigenvalue weighted by atomic mass is 35.5. The van der Waals surface area contributed by atoms with E-state index in [0.717, 1.165) is 31.9 Å². The highest BCUT2D eigenvalue weighted by Crippen LogP contribution is 2.13. The number of benzene rings is 1. The summed E-state index contributed by atoms with van der Waals surface area (Å²) in [4.78, 5) is 6.60. The van der Waals surface area contributed by atoms with Crippen LogP contribution in [0.25, 0.3) is 5.69 Å². The average molecular weight is 293 g/mol. The van der Waals surface area contributed by atoms with Gasteiger partial charge in [-0.05, 0) is 24.6 Å². The van der Waals surface area contributed by atoms with Crippen molar-refractivity contribution in [2.75, 3.05) is 19.6 Å². The second-order valence-electron chi connectivity index (χ2n) is 5.16. The summed E-state index contributed by atoms with van der Waals surface area (Å²) in [7, 11) is 0. The summed E-state index contributed by atoms with van der Waals surface area (Å²) in [6.07, 6.45) is 5.59. The zero-order chi connectivity index (χ0) is 13.1. The van der Waals surface area contributed by atoms with Crippen LogP contribution in [0, 0.1) is 0 Å². The highest BCUT2D eigenvalue weighted by molar-refractivity contribution is 5.85. The van der Waals surface area contributed by atoms with Crippen molar-refractivity contribution in [3.05, 3.63) is 48.5 Å². The third kappa shape index (κ3) is 3.39. The second-order valence-corrected chi connectivity index (χ2v) is 5.16. The number of rotatable bonds is 3. The molecule has 1 unspecified atom stereocenters. The van der Waals surface area contributed by atoms with Crippen LogP contribution >= 0.6 is 12.4 Å². The van der Waals surface area contributed by atoms with E-state index in [-0.39, 0.29) is 12.4 Å². The van der Waals surface area contributed by atoms with Crippen molar-refractivity contribution in [2.45, 2.75) is 19.5 Å². The number of halogens is 1. The van der Waals surface area contributed by atoms with Crippen molar-refractivity contribution in [2.24, 2.45) is 0 Å². The first-order chi connectivity index (χ1) is 9.33. The van der Waals surface area contributed by atoms with Gasteiger partial charge in [-0.25, -0.2) is 4.98 Å². The maximum absolute atomic E-state index is 4.07. The predicted molar refractivity (Wildman–Crippen MR) is 83.6 cm³/mol. The van der Waals surface area contributed by atoms with Crippen LogP contribution in [0.1, 0.15) is 12.5 Å². The van der Waals surface area contributed by atoms with Crippen LogP contribution < -0.4 is 5.32 Å². The van der Waals surface area contributed by atoms with Crippen LogP contribution in [0.2, 0.25) is 0 Å². The molecule has 1 aromatic carbocycles. The molecule has 1 N–H and O–H groups in total. The number of piperazine rings is 1. The Labute approximate surface area is 126 Å². The first-order valence-corrected chi connectivity index (χ1v) is 6.85. The molecule has 0 spiro atoms. The smallest absolute Gasteiger partial charge is 0.0991 e. The van der Waals surface area contributed by atoms with Crippen molar-refractivity contribution in [3.8, 4) is 5.69 Å². The number of hydrogen-bond donors (Lipinski definition) is 1. The third-order valence-electron chi connectivity index (χ3n) is 3.76. The van der Waals surface area contributed by atoms with E-state index in [2.05, 4.69) is 46.4 Å². The van der Waals surface area contributed by atoms with Crippen LogP contribution in [0.3, 0.4) is 0 Å². The Morgan fingerprint density at radius 1 is 1.30 bits per heavy atom. The van der Waals surface area contributed by atoms with Crippen LogP contribution in [0.5, 0.6) is 0 Å². The van der Waals surface area contributed by atoms with Gasteiger partial charge in [-0.3, -0.25) is 4.90 Å². The van der Waals surface area contributed by atoms with E-state index < -0.39 is 0 Å². The minimum Gasteiger partial charge on any atom is -0.314 e. The molecule has 2 aromatic rings. The van der Waals surface area contributed by atoms with Gasteiger partial charge in [0.2, 0.25) is 0 Å². The zero-order valence-electron chi connectivity index (χ0n) is 11.7. The molecule has 1 aliphatic rings. The molecule has 4 nitrogen and oxygen atoms in total. The SMILES string of the molecule is CC1CNCCN1Cc1ccc(-n2ccnc2)cc1.Cl. The molecule has 1 saturated heterocycles. The standard InChI is InChI=1S/C15H20N4.ClH/c1-13-10-16-6-8-18(13)11-14-2-4-15(5-3-14)19-9-7-17-12-19;/h2-5,7,9,12-13,16H,6,8,10-11H2,1H3;1H. The molecule has 1 aromatic heterocycles. The quantitative estimate of drug-likeness (QED) is 0.940. The lowest BCUT2D eigenvalue weighted by molar-refractivity contribution is 0.165. The van der Waals surface area contributed by atoms with Crippen molar-refractivity contribution in [1.82, 2.24) is 19.8 Å². The van der Waals surface area contributed by atoms with Gasteiger partial charge in [0, 0.05) is 50.3 Å². The lowest BCUT2D eigenvalue weighted by atomic mass is 10.1. The first kappa shape index (κ1) is 15.0. The number of nitrogens with zero attached hydrogens (tertiary/aromatic N) is 3. The molecular formula is C15H21ClN4. The molecular weight excluding hydrogens is 272 g/mol. The fraction of sp³-hybridized carbons (Fsp3) is 0.400. The normalized spacial score (nSPS) is 19.6. The molecule has 0 saturated carbocycles. The van der Waals surface area contributed by atoms with E-state index in [1.54, 1.807) is 6.20 Å². The Morgan fingerprint density at radius 2 is 2.10 bits per heavy atom. The zero-order valence-corrected chi connectivity index (χ0v) is 12.5. The second kappa shape index (κ2) is 6.88. The Kier molecular flexibility index (Phi) is 5.17. The molecule has 2 heterocycles. The number of aromatic nitrogens is 2. The van der Waals surface area contributed by atoms with Gasteiger partial charge in [0.05, 0.1) is 6.33 Å². The fourth-order valence-corrected chi connectivity index (χ4v) is 2.54. The molecule has 1 aliphatic heterocycles. The van der Waals surface area contributed by atoms with Gasteiger partial charge in [-0.15, -0.1) is 12.4 Å². The Hall–Kier alpha value is -1.36. The summed E-state index contributed by atoms with van der Waals surface area (Å²) in [6.45, 7) is 6.63. The first-order valence-electron chi connectivity index (χ1n) is 6.85. The minimum absolute atomic E-state index is 0. The summed E-state index contributed by atoms with van der Waals surface area (Å²) in [5, 5.41) is 3.43. The topological polar surface area (TPSA) is 33.1 Å². The van der Waals surface area contributed by atoms with Crippen molar-refractivity contribution in [1.29, 1.82) is 0 Å². The number of hydrogen-bond acceptors (Lipinski definition) is 3. The van der Waals surface area contributed by atoms with Crippen LogP contribution in [-0.4, -0.2) is 40.1 Å². The van der Waals surface area contributed by atoms with Gasteiger partial charge in [0.25, 0.3) is 0 Å². The summed E-state index contributed by atoms with van der Waals surface area (Å²) in [6, 6.07) is 9.35. The third-order valence-corrected chi connectivity index (χ3v) is 3.76. The minimum atomic E-state index is 0. The summed E-state index contributed by atoms with van der Waals surface area (Å²) < 4.78 is 2.03. The van der Waals surface area contributed by atoms with Crippen LogP contribution in [0.15, 0.2) is 43.0 Å². The van der Waals surface area contributed by atoms with E-state index >= 15 is 0 Å². The lowest BCUT2D eigenvalue weighted by Gasteiger charge is -2.33. The van der Waals surface area contributed by atoms with E-state index in [1.807, 2.05) is 17.1 Å². The van der Waals surface area contributed by atoms with Gasteiger partial charge in [0.1, 0.15) is 0 Å². The Morgan fingerprint density at radius 3 is 2.75 bits per heavy atom. The molecule has 20 heavy (non-hydrogen) atoms. The lowest BCUT2D eigenvalue weighted by Crippen LogP contribution is -2.49. The van der Waals surface area contributed by atoms with Gasteiger partial charge in [-0.1, -0.05) is 12.1 Å². The molecule has 3 rings (SSSR count). The monoisotopic (exact) mass is 292 g/mol. The molecule has 0 amide bonds. The van der Waals surface area contributed by atoms with E-state index in [1.165, 1.54) is 5.56 Å². The number of imidazole rings is 1. The number of nitrogens with one attached hydrogen (secondary N) is 1. The van der Waals surface area contributed by atoms with Gasteiger partial charge < -0.3 is 9.88 Å². The predicted octanol–water partition coefficient (Wildman–Crippen LogP) is 2.09. The van der Waals surface area contributed by atoms with E-state index in [4.69, 9.17) is 0 Å². The molecule has 0 bridgehead atoms. The molecule has 0 radical (unpaired) electrons. The molecule has 1 fully saturated rings. The maximum atomic E-state index is 4.07. The van der Waals surface area contributed by atoms with Gasteiger partial charge in [-0.2, -0.15) is 0 Å². The van der Waals surface area contributed by atoms with Crippen molar-refractivity contribution >= 4 is 12.4 Å². The van der Waals surface area contributed by atoms with E-state index in [0.29, 0.717) is 6.04 Å². The molecule has 1 atom stereocenters. The van der Waals surface area contributed by atoms with Crippen LogP contribution in [-0.2, 0) is 6.54 Å². The summed E-state index contributed by atoms with van der Waals surface area (Å²) >= 11 is 0. The average Bonchev–Trinajstić information content (AvgIpc) is 2.96. The largest absolute Gasteiger partial charge is 0.314 e. The maximum Gasteiger partial charge on any atom is 0.0991 e. The van der Waals surface area contributed by atoms with Gasteiger partial charge >= 0.3 is 0 Å². The summed E-state index contributed by atoms with van der Waals surface area (Å²) in [5.41, 5.74) is 2.53.